The van der Waals surface area contributed by atoms with Gasteiger partial charge < -0.3 is 5.73 Å². The monoisotopic (exact) mass is 238 g/mol. The molecule has 0 heterocycles. The Kier molecular flexibility index (Phi) is 5.14. The van der Waals surface area contributed by atoms with Gasteiger partial charge in [0, 0.05) is 16.5 Å². The van der Waals surface area contributed by atoms with Crippen LogP contribution in [0.25, 0.3) is 0 Å². The summed E-state index contributed by atoms with van der Waals surface area (Å²) >= 11 is 11.7. The number of hydrogen-bond acceptors (Lipinski definition) is 1. The first-order chi connectivity index (χ1) is 5.61. The van der Waals surface area contributed by atoms with E-state index >= 15 is 0 Å². The zero-order chi connectivity index (χ0) is 9.14. The Morgan fingerprint density at radius 1 is 1.31 bits per heavy atom. The van der Waals surface area contributed by atoms with E-state index in [-0.39, 0.29) is 18.2 Å². The van der Waals surface area contributed by atoms with Gasteiger partial charge in [0.25, 0.3) is 0 Å². The van der Waals surface area contributed by atoms with Gasteiger partial charge in [-0.05, 0) is 17.7 Å². The smallest absolute Gasteiger partial charge is 0.0951 e. The lowest BCUT2D eigenvalue weighted by Gasteiger charge is -2.04. The van der Waals surface area contributed by atoms with Gasteiger partial charge in [-0.2, -0.15) is 0 Å². The van der Waals surface area contributed by atoms with Crippen LogP contribution in [0.15, 0.2) is 18.2 Å². The fourth-order valence-corrected chi connectivity index (χ4v) is 1.42. The minimum Gasteiger partial charge on any atom is -0.387 e. The van der Waals surface area contributed by atoms with Crippen molar-refractivity contribution in [2.75, 3.05) is 0 Å². The zero-order valence-corrected chi connectivity index (χ0v) is 9.01. The molecule has 1 aromatic carbocycles. The Balaban J connectivity index is 0.00000144. The van der Waals surface area contributed by atoms with Crippen LogP contribution in [0.1, 0.15) is 5.56 Å². The van der Waals surface area contributed by atoms with Crippen molar-refractivity contribution in [3.05, 3.63) is 33.8 Å². The molecule has 1 rings (SSSR count). The van der Waals surface area contributed by atoms with Crippen LogP contribution >= 0.6 is 35.6 Å². The second-order valence-electron chi connectivity index (χ2n) is 2.40. The molecule has 1 aromatic rings. The second kappa shape index (κ2) is 5.32. The predicted octanol–water partition coefficient (Wildman–Crippen LogP) is 2.89. The average molecular weight is 240 g/mol. The van der Waals surface area contributed by atoms with E-state index in [0.29, 0.717) is 22.0 Å². The molecule has 0 spiro atoms. The summed E-state index contributed by atoms with van der Waals surface area (Å²) < 4.78 is 0. The maximum Gasteiger partial charge on any atom is 0.0951 e. The molecule has 0 amide bonds. The van der Waals surface area contributed by atoms with Crippen LogP contribution < -0.4 is 5.73 Å². The first kappa shape index (κ1) is 12.6. The predicted molar refractivity (Wildman–Crippen MR) is 59.3 cm³/mol. The number of hydrogen-bond donors (Lipinski definition) is 2. The first-order valence-corrected chi connectivity index (χ1v) is 4.12. The third kappa shape index (κ3) is 3.43. The van der Waals surface area contributed by atoms with Gasteiger partial charge in [0.05, 0.1) is 5.84 Å². The highest BCUT2D eigenvalue weighted by atomic mass is 35.5. The van der Waals surface area contributed by atoms with Crippen LogP contribution in [0.2, 0.25) is 10.0 Å². The van der Waals surface area contributed by atoms with Gasteiger partial charge >= 0.3 is 0 Å². The van der Waals surface area contributed by atoms with Crippen molar-refractivity contribution in [1.82, 2.24) is 0 Å². The van der Waals surface area contributed by atoms with Gasteiger partial charge in [0.2, 0.25) is 0 Å². The Morgan fingerprint density at radius 2 is 1.77 bits per heavy atom. The molecule has 3 N–H and O–H groups in total. The molecule has 5 heteroatoms. The number of nitrogens with one attached hydrogen (secondary N) is 1. The lowest BCUT2D eigenvalue weighted by Crippen LogP contribution is -2.13. The van der Waals surface area contributed by atoms with Crippen LogP contribution in [0.5, 0.6) is 0 Å². The number of nitrogens with two attached hydrogens (primary N) is 1. The van der Waals surface area contributed by atoms with Crippen LogP contribution in [-0.4, -0.2) is 5.84 Å². The van der Waals surface area contributed by atoms with Crippen LogP contribution in [-0.2, 0) is 6.42 Å². The Bertz CT molecular complexity index is 292. The van der Waals surface area contributed by atoms with Crippen LogP contribution in [0.3, 0.4) is 0 Å². The fraction of sp³-hybridized carbons (Fsp3) is 0.125. The molecule has 0 aliphatic rings. The summed E-state index contributed by atoms with van der Waals surface area (Å²) in [6.07, 6.45) is 0.304. The molecule has 0 radical (unpaired) electrons. The standard InChI is InChI=1S/C8H8Cl2N2.ClH/c9-6-2-1-3-7(10)5(6)4-8(11)12;/h1-3H,4H2,(H3,11,12);1H. The molecule has 72 valence electrons. The van der Waals surface area contributed by atoms with E-state index in [4.69, 9.17) is 34.3 Å². The summed E-state index contributed by atoms with van der Waals surface area (Å²) in [7, 11) is 0. The van der Waals surface area contributed by atoms with Crippen molar-refractivity contribution in [2.24, 2.45) is 5.73 Å². The third-order valence-electron chi connectivity index (χ3n) is 1.43. The van der Waals surface area contributed by atoms with Gasteiger partial charge in [0.15, 0.2) is 0 Å². The van der Waals surface area contributed by atoms with E-state index < -0.39 is 0 Å². The van der Waals surface area contributed by atoms with E-state index in [9.17, 15) is 0 Å². The van der Waals surface area contributed by atoms with Crippen molar-refractivity contribution in [2.45, 2.75) is 6.42 Å². The highest BCUT2D eigenvalue weighted by molar-refractivity contribution is 6.36. The minimum atomic E-state index is 0. The molecular formula is C8H9Cl3N2. The van der Waals surface area contributed by atoms with Gasteiger partial charge in [-0.3, -0.25) is 5.41 Å². The van der Waals surface area contributed by atoms with Gasteiger partial charge in [-0.1, -0.05) is 29.3 Å². The van der Waals surface area contributed by atoms with Crippen molar-refractivity contribution in [3.63, 3.8) is 0 Å². The summed E-state index contributed by atoms with van der Waals surface area (Å²) in [6.45, 7) is 0. The fourth-order valence-electron chi connectivity index (χ4n) is 0.892. The summed E-state index contributed by atoms with van der Waals surface area (Å²) in [6, 6.07) is 5.21. The molecule has 0 saturated heterocycles. The lowest BCUT2D eigenvalue weighted by atomic mass is 10.1. The lowest BCUT2D eigenvalue weighted by molar-refractivity contribution is 1.25. The number of halogens is 3. The minimum absolute atomic E-state index is 0. The number of rotatable bonds is 2. The van der Waals surface area contributed by atoms with Gasteiger partial charge in [-0.15, -0.1) is 12.4 Å². The molecule has 2 nitrogen and oxygen atoms in total. The summed E-state index contributed by atoms with van der Waals surface area (Å²) in [5, 5.41) is 8.19. The maximum absolute atomic E-state index is 7.09. The molecule has 0 atom stereocenters. The normalized spacial score (nSPS) is 9.08. The number of benzene rings is 1. The molecule has 0 unspecified atom stereocenters. The largest absolute Gasteiger partial charge is 0.387 e. The van der Waals surface area contributed by atoms with E-state index in [0.717, 1.165) is 0 Å². The quantitative estimate of drug-likeness (QED) is 0.605. The second-order valence-corrected chi connectivity index (χ2v) is 3.22. The molecule has 0 saturated carbocycles. The summed E-state index contributed by atoms with van der Waals surface area (Å²) in [4.78, 5) is 0. The molecular weight excluding hydrogens is 230 g/mol. The molecule has 0 aliphatic heterocycles. The first-order valence-electron chi connectivity index (χ1n) is 3.37. The zero-order valence-electron chi connectivity index (χ0n) is 6.68. The Hall–Kier alpha value is -0.440. The van der Waals surface area contributed by atoms with Crippen molar-refractivity contribution in [3.8, 4) is 0 Å². The van der Waals surface area contributed by atoms with E-state index in [2.05, 4.69) is 0 Å². The van der Waals surface area contributed by atoms with Crippen molar-refractivity contribution in [1.29, 1.82) is 5.41 Å². The highest BCUT2D eigenvalue weighted by Gasteiger charge is 2.05. The van der Waals surface area contributed by atoms with E-state index in [1.165, 1.54) is 0 Å². The van der Waals surface area contributed by atoms with Gasteiger partial charge in [-0.25, -0.2) is 0 Å². The van der Waals surface area contributed by atoms with Crippen LogP contribution in [0.4, 0.5) is 0 Å². The van der Waals surface area contributed by atoms with E-state index in [1.807, 2.05) is 0 Å². The molecule has 13 heavy (non-hydrogen) atoms. The summed E-state index contributed by atoms with van der Waals surface area (Å²) in [5.74, 6) is 0.0602. The Morgan fingerprint density at radius 3 is 2.15 bits per heavy atom. The highest BCUT2D eigenvalue weighted by Crippen LogP contribution is 2.24. The summed E-state index contributed by atoms with van der Waals surface area (Å²) in [5.41, 5.74) is 5.94. The van der Waals surface area contributed by atoms with Crippen LogP contribution in [0, 0.1) is 5.41 Å². The topological polar surface area (TPSA) is 49.9 Å². The average Bonchev–Trinajstić information content (AvgIpc) is 1.97. The third-order valence-corrected chi connectivity index (χ3v) is 2.14. The molecule has 0 fully saturated rings. The Labute approximate surface area is 92.9 Å². The maximum atomic E-state index is 7.09. The molecule has 0 aliphatic carbocycles. The number of amidine groups is 1. The molecule has 0 aromatic heterocycles. The van der Waals surface area contributed by atoms with Crippen molar-refractivity contribution >= 4 is 41.4 Å². The van der Waals surface area contributed by atoms with Crippen molar-refractivity contribution < 1.29 is 0 Å². The van der Waals surface area contributed by atoms with Gasteiger partial charge in [0.1, 0.15) is 0 Å². The SMILES string of the molecule is Cl.N=C(N)Cc1c(Cl)cccc1Cl. The molecule has 0 bridgehead atoms. The van der Waals surface area contributed by atoms with E-state index in [1.54, 1.807) is 18.2 Å².